The summed E-state index contributed by atoms with van der Waals surface area (Å²) >= 11 is 0. The number of unbranched alkanes of at least 4 members (excludes halogenated alkanes) is 4. The summed E-state index contributed by atoms with van der Waals surface area (Å²) in [5.74, 6) is 0. The van der Waals surface area contributed by atoms with Gasteiger partial charge in [0.2, 0.25) is 0 Å². The lowest BCUT2D eigenvalue weighted by Crippen LogP contribution is -1.90. The quantitative estimate of drug-likeness (QED) is 0.500. The van der Waals surface area contributed by atoms with Crippen molar-refractivity contribution in [3.8, 4) is 0 Å². The molecule has 0 saturated heterocycles. The number of nitrogens with zero attached hydrogens (tertiary/aromatic N) is 2. The SMILES string of the molecule is CCCCCC/C=C/C=C\n1nc(C)cc1C. The molecule has 0 unspecified atom stereocenters. The minimum atomic E-state index is 1.07. The summed E-state index contributed by atoms with van der Waals surface area (Å²) in [7, 11) is 0. The smallest absolute Gasteiger partial charge is 0.0600 e. The fourth-order valence-corrected chi connectivity index (χ4v) is 1.79. The minimum absolute atomic E-state index is 1.07. The highest BCUT2D eigenvalue weighted by Gasteiger charge is 1.94. The van der Waals surface area contributed by atoms with E-state index in [4.69, 9.17) is 0 Å². The van der Waals surface area contributed by atoms with Crippen molar-refractivity contribution >= 4 is 6.20 Å². The molecule has 0 aromatic carbocycles. The van der Waals surface area contributed by atoms with Gasteiger partial charge in [-0.05, 0) is 38.8 Å². The Kier molecular flexibility index (Phi) is 6.38. The van der Waals surface area contributed by atoms with E-state index in [1.165, 1.54) is 37.8 Å². The molecule has 0 radical (unpaired) electrons. The van der Waals surface area contributed by atoms with Crippen molar-refractivity contribution in [2.45, 2.75) is 52.9 Å². The number of aromatic nitrogens is 2. The van der Waals surface area contributed by atoms with Gasteiger partial charge in [0.15, 0.2) is 0 Å². The molecule has 1 aromatic heterocycles. The third-order valence-corrected chi connectivity index (χ3v) is 2.74. The van der Waals surface area contributed by atoms with Gasteiger partial charge in [0.1, 0.15) is 0 Å². The summed E-state index contributed by atoms with van der Waals surface area (Å²) in [5.41, 5.74) is 2.24. The van der Waals surface area contributed by atoms with Crippen LogP contribution in [0.3, 0.4) is 0 Å². The Balaban J connectivity index is 2.25. The topological polar surface area (TPSA) is 17.8 Å². The average molecular weight is 232 g/mol. The molecule has 1 heterocycles. The predicted molar refractivity (Wildman–Crippen MR) is 74.9 cm³/mol. The van der Waals surface area contributed by atoms with E-state index < -0.39 is 0 Å². The molecule has 0 N–H and O–H groups in total. The second-order valence-electron chi connectivity index (χ2n) is 4.49. The molecule has 2 heteroatoms. The van der Waals surface area contributed by atoms with E-state index in [0.717, 1.165) is 5.69 Å². The first-order chi connectivity index (χ1) is 8.24. The van der Waals surface area contributed by atoms with Crippen molar-refractivity contribution in [3.63, 3.8) is 0 Å². The van der Waals surface area contributed by atoms with Crippen LogP contribution in [0, 0.1) is 13.8 Å². The van der Waals surface area contributed by atoms with Crippen molar-refractivity contribution in [2.24, 2.45) is 0 Å². The first kappa shape index (κ1) is 13.8. The molecule has 0 atom stereocenters. The maximum atomic E-state index is 4.36. The van der Waals surface area contributed by atoms with Gasteiger partial charge in [0.05, 0.1) is 5.69 Å². The van der Waals surface area contributed by atoms with E-state index in [2.05, 4.69) is 43.2 Å². The zero-order chi connectivity index (χ0) is 12.5. The minimum Gasteiger partial charge on any atom is -0.245 e. The molecule has 17 heavy (non-hydrogen) atoms. The predicted octanol–water partition coefficient (Wildman–Crippen LogP) is 4.50. The zero-order valence-electron chi connectivity index (χ0n) is 11.3. The van der Waals surface area contributed by atoms with E-state index in [9.17, 15) is 0 Å². The summed E-state index contributed by atoms with van der Waals surface area (Å²) < 4.78 is 1.91. The van der Waals surface area contributed by atoms with E-state index >= 15 is 0 Å². The lowest BCUT2D eigenvalue weighted by molar-refractivity contribution is 0.674. The summed E-state index contributed by atoms with van der Waals surface area (Å²) in [6.45, 7) is 6.33. The number of aryl methyl sites for hydroxylation is 2. The Bertz CT molecular complexity index is 372. The van der Waals surface area contributed by atoms with E-state index in [1.807, 2.05) is 17.8 Å². The van der Waals surface area contributed by atoms with Crippen LogP contribution in [0.2, 0.25) is 0 Å². The normalized spacial score (nSPS) is 11.9. The van der Waals surface area contributed by atoms with Gasteiger partial charge >= 0.3 is 0 Å². The number of rotatable bonds is 7. The Labute approximate surface area is 105 Å². The lowest BCUT2D eigenvalue weighted by atomic mass is 10.1. The van der Waals surface area contributed by atoms with Gasteiger partial charge in [-0.1, -0.05) is 38.3 Å². The van der Waals surface area contributed by atoms with E-state index in [1.54, 1.807) is 0 Å². The fraction of sp³-hybridized carbons (Fsp3) is 0.533. The van der Waals surface area contributed by atoms with Gasteiger partial charge in [0, 0.05) is 11.9 Å². The average Bonchev–Trinajstić information content (AvgIpc) is 2.61. The molecule has 0 aliphatic heterocycles. The lowest BCUT2D eigenvalue weighted by Gasteiger charge is -1.94. The molecule has 0 saturated carbocycles. The Morgan fingerprint density at radius 3 is 2.65 bits per heavy atom. The van der Waals surface area contributed by atoms with Gasteiger partial charge in [-0.3, -0.25) is 0 Å². The molecule has 0 amide bonds. The molecule has 0 aliphatic rings. The van der Waals surface area contributed by atoms with Crippen molar-refractivity contribution in [1.29, 1.82) is 0 Å². The summed E-state index contributed by atoms with van der Waals surface area (Å²) in [5, 5.41) is 4.36. The molecule has 0 spiro atoms. The van der Waals surface area contributed by atoms with E-state index in [0.29, 0.717) is 0 Å². The standard InChI is InChI=1S/C15H24N2/c1-4-5-6-7-8-9-10-11-12-17-15(3)13-14(2)16-17/h9-13H,4-8H2,1-3H3/b10-9+,12-11-. The molecular formula is C15H24N2. The third kappa shape index (κ3) is 5.53. The molecule has 0 fully saturated rings. The van der Waals surface area contributed by atoms with Crippen molar-refractivity contribution in [1.82, 2.24) is 9.78 Å². The van der Waals surface area contributed by atoms with Crippen LogP contribution in [0.1, 0.15) is 50.4 Å². The number of hydrogen-bond donors (Lipinski definition) is 0. The molecule has 0 aliphatic carbocycles. The molecule has 94 valence electrons. The van der Waals surface area contributed by atoms with Gasteiger partial charge in [-0.15, -0.1) is 0 Å². The summed E-state index contributed by atoms with van der Waals surface area (Å²) in [4.78, 5) is 0. The zero-order valence-corrected chi connectivity index (χ0v) is 11.3. The maximum Gasteiger partial charge on any atom is 0.0600 e. The van der Waals surface area contributed by atoms with Crippen molar-refractivity contribution in [3.05, 3.63) is 35.7 Å². The molecule has 1 aromatic rings. The van der Waals surface area contributed by atoms with Crippen molar-refractivity contribution < 1.29 is 0 Å². The molecule has 2 nitrogen and oxygen atoms in total. The highest BCUT2D eigenvalue weighted by molar-refractivity contribution is 5.29. The van der Waals surface area contributed by atoms with Gasteiger partial charge < -0.3 is 0 Å². The van der Waals surface area contributed by atoms with Gasteiger partial charge in [-0.25, -0.2) is 4.68 Å². The van der Waals surface area contributed by atoms with Crippen LogP contribution in [0.15, 0.2) is 24.3 Å². The first-order valence-corrected chi connectivity index (χ1v) is 6.60. The van der Waals surface area contributed by atoms with E-state index in [-0.39, 0.29) is 0 Å². The second kappa shape index (κ2) is 7.88. The largest absolute Gasteiger partial charge is 0.245 e. The first-order valence-electron chi connectivity index (χ1n) is 6.60. The number of hydrogen-bond acceptors (Lipinski definition) is 1. The second-order valence-corrected chi connectivity index (χ2v) is 4.49. The van der Waals surface area contributed by atoms with Crippen molar-refractivity contribution in [2.75, 3.05) is 0 Å². The van der Waals surface area contributed by atoms with Gasteiger partial charge in [0.25, 0.3) is 0 Å². The molecule has 1 rings (SSSR count). The van der Waals surface area contributed by atoms with Crippen LogP contribution in [0.5, 0.6) is 0 Å². The molecular weight excluding hydrogens is 208 g/mol. The maximum absolute atomic E-state index is 4.36. The van der Waals surface area contributed by atoms with Crippen LogP contribution < -0.4 is 0 Å². The van der Waals surface area contributed by atoms with Gasteiger partial charge in [-0.2, -0.15) is 5.10 Å². The highest BCUT2D eigenvalue weighted by atomic mass is 15.3. The fourth-order valence-electron chi connectivity index (χ4n) is 1.79. The monoisotopic (exact) mass is 232 g/mol. The van der Waals surface area contributed by atoms with Crippen LogP contribution >= 0.6 is 0 Å². The van der Waals surface area contributed by atoms with Crippen LogP contribution in [-0.4, -0.2) is 9.78 Å². The third-order valence-electron chi connectivity index (χ3n) is 2.74. The van der Waals surface area contributed by atoms with Crippen LogP contribution in [0.4, 0.5) is 0 Å². The summed E-state index contributed by atoms with van der Waals surface area (Å²) in [6.07, 6.45) is 14.9. The highest BCUT2D eigenvalue weighted by Crippen LogP contribution is 2.04. The van der Waals surface area contributed by atoms with Crippen LogP contribution in [-0.2, 0) is 0 Å². The Hall–Kier alpha value is -1.31. The summed E-state index contributed by atoms with van der Waals surface area (Å²) in [6, 6.07) is 2.08. The molecule has 0 bridgehead atoms. The Morgan fingerprint density at radius 2 is 2.00 bits per heavy atom. The Morgan fingerprint density at radius 1 is 1.18 bits per heavy atom. The van der Waals surface area contributed by atoms with Crippen LogP contribution in [0.25, 0.3) is 6.20 Å². The number of allylic oxidation sites excluding steroid dienone is 3.